The van der Waals surface area contributed by atoms with Crippen LogP contribution in [0.4, 0.5) is 5.69 Å². The maximum Gasteiger partial charge on any atom is 0.328 e. The fourth-order valence-corrected chi connectivity index (χ4v) is 2.79. The van der Waals surface area contributed by atoms with Crippen LogP contribution in [0.1, 0.15) is 22.5 Å². The van der Waals surface area contributed by atoms with Gasteiger partial charge in [-0.1, -0.05) is 0 Å². The van der Waals surface area contributed by atoms with Crippen molar-refractivity contribution in [2.24, 2.45) is 0 Å². The van der Waals surface area contributed by atoms with E-state index in [4.69, 9.17) is 10.5 Å². The van der Waals surface area contributed by atoms with Crippen LogP contribution in [-0.2, 0) is 9.53 Å². The van der Waals surface area contributed by atoms with Crippen LogP contribution in [0.25, 0.3) is 0 Å². The molecule has 2 N–H and O–H groups in total. The van der Waals surface area contributed by atoms with Crippen LogP contribution in [0.2, 0.25) is 0 Å². The normalized spacial score (nSPS) is 19.4. The van der Waals surface area contributed by atoms with E-state index in [9.17, 15) is 9.59 Å². The molecular weight excluding hydrogens is 240 g/mol. The van der Waals surface area contributed by atoms with Gasteiger partial charge in [-0.3, -0.25) is 4.79 Å². The fraction of sp³-hybridized carbons (Fsp3) is 0.455. The van der Waals surface area contributed by atoms with Crippen molar-refractivity contribution in [3.05, 3.63) is 16.3 Å². The summed E-state index contributed by atoms with van der Waals surface area (Å²) in [4.78, 5) is 25.8. The third kappa shape index (κ3) is 2.12. The highest BCUT2D eigenvalue weighted by Gasteiger charge is 2.36. The third-order valence-corrected chi connectivity index (χ3v) is 3.80. The molecule has 0 aliphatic carbocycles. The summed E-state index contributed by atoms with van der Waals surface area (Å²) < 4.78 is 4.70. The van der Waals surface area contributed by atoms with Gasteiger partial charge in [0.1, 0.15) is 10.9 Å². The quantitative estimate of drug-likeness (QED) is 0.802. The van der Waals surface area contributed by atoms with E-state index in [1.807, 2.05) is 0 Å². The second-order valence-electron chi connectivity index (χ2n) is 3.88. The summed E-state index contributed by atoms with van der Waals surface area (Å²) in [5, 5.41) is 1.77. The summed E-state index contributed by atoms with van der Waals surface area (Å²) in [5.41, 5.74) is 6.18. The van der Waals surface area contributed by atoms with Crippen LogP contribution in [0.15, 0.2) is 11.4 Å². The van der Waals surface area contributed by atoms with Gasteiger partial charge in [-0.25, -0.2) is 4.79 Å². The van der Waals surface area contributed by atoms with Gasteiger partial charge in [0.05, 0.1) is 12.8 Å². The number of nitrogens with two attached hydrogens (primary N) is 1. The summed E-state index contributed by atoms with van der Waals surface area (Å²) in [5.74, 6) is -0.531. The standard InChI is InChI=1S/C11H14N2O3S/c1-16-11(15)8-3-2-5-13(8)10(14)9-7(12)4-6-17-9/h4,6,8H,2-3,5,12H2,1H3. The molecule has 5 nitrogen and oxygen atoms in total. The van der Waals surface area contributed by atoms with Gasteiger partial charge in [-0.15, -0.1) is 11.3 Å². The van der Waals surface area contributed by atoms with E-state index in [0.717, 1.165) is 6.42 Å². The SMILES string of the molecule is COC(=O)C1CCCN1C(=O)c1sccc1N. The Hall–Kier alpha value is -1.56. The minimum absolute atomic E-state index is 0.176. The molecule has 0 radical (unpaired) electrons. The number of likely N-dealkylation sites (tertiary alicyclic amines) is 1. The molecule has 92 valence electrons. The van der Waals surface area contributed by atoms with Gasteiger partial charge < -0.3 is 15.4 Å². The number of esters is 1. The zero-order valence-corrected chi connectivity index (χ0v) is 10.3. The number of amides is 1. The fourth-order valence-electron chi connectivity index (χ4n) is 2.01. The molecule has 17 heavy (non-hydrogen) atoms. The van der Waals surface area contributed by atoms with E-state index >= 15 is 0 Å². The van der Waals surface area contributed by atoms with Crippen molar-refractivity contribution in [2.75, 3.05) is 19.4 Å². The van der Waals surface area contributed by atoms with Crippen LogP contribution in [0, 0.1) is 0 Å². The van der Waals surface area contributed by atoms with Gasteiger partial charge >= 0.3 is 5.97 Å². The highest BCUT2D eigenvalue weighted by molar-refractivity contribution is 7.12. The topological polar surface area (TPSA) is 72.6 Å². The Morgan fingerprint density at radius 2 is 2.35 bits per heavy atom. The lowest BCUT2D eigenvalue weighted by Crippen LogP contribution is -2.41. The number of hydrogen-bond donors (Lipinski definition) is 1. The lowest BCUT2D eigenvalue weighted by Gasteiger charge is -2.22. The molecule has 1 aliphatic rings. The molecule has 0 saturated carbocycles. The number of nitrogens with zero attached hydrogens (tertiary/aromatic N) is 1. The van der Waals surface area contributed by atoms with Gasteiger partial charge in [-0.05, 0) is 24.3 Å². The summed E-state index contributed by atoms with van der Waals surface area (Å²) in [6, 6.07) is 1.23. The van der Waals surface area contributed by atoms with Crippen LogP contribution < -0.4 is 5.73 Å². The molecule has 1 amide bonds. The second-order valence-corrected chi connectivity index (χ2v) is 4.80. The minimum atomic E-state index is -0.464. The van der Waals surface area contributed by atoms with Crippen molar-refractivity contribution in [1.29, 1.82) is 0 Å². The minimum Gasteiger partial charge on any atom is -0.467 e. The predicted octanol–water partition coefficient (Wildman–Crippen LogP) is 1.11. The molecule has 6 heteroatoms. The van der Waals surface area contributed by atoms with Gasteiger partial charge in [-0.2, -0.15) is 0 Å². The first kappa shape index (κ1) is 11.9. The van der Waals surface area contributed by atoms with Gasteiger partial charge in [0, 0.05) is 6.54 Å². The van der Waals surface area contributed by atoms with Crippen molar-refractivity contribution in [3.63, 3.8) is 0 Å². The van der Waals surface area contributed by atoms with E-state index in [0.29, 0.717) is 23.5 Å². The molecule has 0 aromatic carbocycles. The van der Waals surface area contributed by atoms with Gasteiger partial charge in [0.25, 0.3) is 5.91 Å². The molecule has 2 rings (SSSR count). The van der Waals surface area contributed by atoms with Crippen LogP contribution in [-0.4, -0.2) is 36.5 Å². The van der Waals surface area contributed by atoms with Gasteiger partial charge in [0.2, 0.25) is 0 Å². The van der Waals surface area contributed by atoms with Gasteiger partial charge in [0.15, 0.2) is 0 Å². The molecule has 1 aromatic rings. The second kappa shape index (κ2) is 4.75. The zero-order chi connectivity index (χ0) is 12.4. The van der Waals surface area contributed by atoms with Crippen LogP contribution in [0.5, 0.6) is 0 Å². The lowest BCUT2D eigenvalue weighted by atomic mass is 10.2. The number of carbonyl (C=O) groups is 2. The monoisotopic (exact) mass is 254 g/mol. The Labute approximate surface area is 103 Å². The first-order valence-corrected chi connectivity index (χ1v) is 6.25. The number of ether oxygens (including phenoxy) is 1. The molecule has 1 saturated heterocycles. The van der Waals surface area contributed by atoms with E-state index in [1.54, 1.807) is 16.3 Å². The molecule has 1 atom stereocenters. The first-order valence-electron chi connectivity index (χ1n) is 5.37. The number of carbonyl (C=O) groups excluding carboxylic acids is 2. The Bertz CT molecular complexity index is 444. The highest BCUT2D eigenvalue weighted by Crippen LogP contribution is 2.26. The summed E-state index contributed by atoms with van der Waals surface area (Å²) in [6.45, 7) is 0.579. The van der Waals surface area contributed by atoms with Crippen LogP contribution in [0.3, 0.4) is 0 Å². The summed E-state index contributed by atoms with van der Waals surface area (Å²) in [7, 11) is 1.34. The summed E-state index contributed by atoms with van der Waals surface area (Å²) in [6.07, 6.45) is 1.47. The molecule has 2 heterocycles. The number of hydrogen-bond acceptors (Lipinski definition) is 5. The molecule has 1 unspecified atom stereocenters. The summed E-state index contributed by atoms with van der Waals surface area (Å²) >= 11 is 1.30. The Balaban J connectivity index is 2.19. The molecule has 1 fully saturated rings. The molecular formula is C11H14N2O3S. The Kier molecular flexibility index (Phi) is 3.33. The molecule has 0 bridgehead atoms. The van der Waals surface area contributed by atoms with Crippen molar-refractivity contribution < 1.29 is 14.3 Å². The maximum atomic E-state index is 12.2. The number of nitrogen functional groups attached to an aromatic ring is 1. The number of methoxy groups -OCH3 is 1. The van der Waals surface area contributed by atoms with E-state index in [2.05, 4.69) is 0 Å². The number of thiophene rings is 1. The van der Waals surface area contributed by atoms with E-state index < -0.39 is 6.04 Å². The van der Waals surface area contributed by atoms with Crippen molar-refractivity contribution in [2.45, 2.75) is 18.9 Å². The number of rotatable bonds is 2. The van der Waals surface area contributed by atoms with E-state index in [1.165, 1.54) is 18.4 Å². The van der Waals surface area contributed by atoms with Crippen molar-refractivity contribution in [3.8, 4) is 0 Å². The Morgan fingerprint density at radius 1 is 1.59 bits per heavy atom. The predicted molar refractivity (Wildman–Crippen MR) is 64.8 cm³/mol. The lowest BCUT2D eigenvalue weighted by molar-refractivity contribution is -0.145. The molecule has 0 spiro atoms. The Morgan fingerprint density at radius 3 is 2.94 bits per heavy atom. The third-order valence-electron chi connectivity index (χ3n) is 2.88. The van der Waals surface area contributed by atoms with Crippen molar-refractivity contribution in [1.82, 2.24) is 4.90 Å². The average Bonchev–Trinajstić information content (AvgIpc) is 2.95. The molecule has 1 aromatic heterocycles. The average molecular weight is 254 g/mol. The van der Waals surface area contributed by atoms with E-state index in [-0.39, 0.29) is 11.9 Å². The smallest absolute Gasteiger partial charge is 0.328 e. The maximum absolute atomic E-state index is 12.2. The van der Waals surface area contributed by atoms with Crippen molar-refractivity contribution >= 4 is 28.9 Å². The molecule has 1 aliphatic heterocycles. The highest BCUT2D eigenvalue weighted by atomic mass is 32.1. The zero-order valence-electron chi connectivity index (χ0n) is 9.51. The number of anilines is 1. The largest absolute Gasteiger partial charge is 0.467 e. The first-order chi connectivity index (χ1) is 8.15. The van der Waals surface area contributed by atoms with Crippen LogP contribution >= 0.6 is 11.3 Å².